The molecule has 0 saturated carbocycles. The molecule has 1 fully saturated rings. The van der Waals surface area contributed by atoms with E-state index in [9.17, 15) is 4.79 Å². The fourth-order valence-corrected chi connectivity index (χ4v) is 3.68. The van der Waals surface area contributed by atoms with Crippen LogP contribution in [-0.4, -0.2) is 32.5 Å². The maximum Gasteiger partial charge on any atom is 0.323 e. The zero-order valence-corrected chi connectivity index (χ0v) is 17.5. The fourth-order valence-electron chi connectivity index (χ4n) is 3.45. The predicted molar refractivity (Wildman–Crippen MR) is 120 cm³/mol. The van der Waals surface area contributed by atoms with Crippen molar-refractivity contribution in [3.05, 3.63) is 90.1 Å². The van der Waals surface area contributed by atoms with E-state index in [1.165, 1.54) is 6.20 Å². The molecule has 2 amide bonds. The second-order valence-electron chi connectivity index (χ2n) is 7.07. The summed E-state index contributed by atoms with van der Waals surface area (Å²) in [4.78, 5) is 31.2. The molecular formula is C23H17ClN6O2. The summed E-state index contributed by atoms with van der Waals surface area (Å²) >= 11 is 6.24. The van der Waals surface area contributed by atoms with Gasteiger partial charge >= 0.3 is 6.03 Å². The maximum atomic E-state index is 12.6. The summed E-state index contributed by atoms with van der Waals surface area (Å²) < 4.78 is 5.75. The van der Waals surface area contributed by atoms with E-state index < -0.39 is 0 Å². The van der Waals surface area contributed by atoms with Crippen LogP contribution in [-0.2, 0) is 0 Å². The maximum absolute atomic E-state index is 12.6. The van der Waals surface area contributed by atoms with Crippen molar-refractivity contribution in [3.63, 3.8) is 0 Å². The van der Waals surface area contributed by atoms with Crippen molar-refractivity contribution in [2.24, 2.45) is 0 Å². The summed E-state index contributed by atoms with van der Waals surface area (Å²) in [5, 5.41) is 3.57. The van der Waals surface area contributed by atoms with Crippen LogP contribution in [0.3, 0.4) is 0 Å². The number of carbonyl (C=O) groups excluding carboxylic acids is 1. The number of hydrogen-bond acceptors (Lipinski definition) is 6. The first kappa shape index (κ1) is 19.9. The van der Waals surface area contributed by atoms with Gasteiger partial charge in [-0.3, -0.25) is 14.9 Å². The van der Waals surface area contributed by atoms with Crippen LogP contribution in [0.5, 0.6) is 11.6 Å². The van der Waals surface area contributed by atoms with Gasteiger partial charge in [0.2, 0.25) is 5.88 Å². The highest BCUT2D eigenvalue weighted by Gasteiger charge is 2.32. The normalized spacial score (nSPS) is 15.5. The highest BCUT2D eigenvalue weighted by molar-refractivity contribution is 6.33. The number of halogens is 1. The van der Waals surface area contributed by atoms with E-state index in [4.69, 9.17) is 16.3 Å². The van der Waals surface area contributed by atoms with Gasteiger partial charge in [0.25, 0.3) is 0 Å². The van der Waals surface area contributed by atoms with Crippen molar-refractivity contribution in [1.82, 2.24) is 25.3 Å². The average molecular weight is 445 g/mol. The van der Waals surface area contributed by atoms with Crippen LogP contribution in [0, 0.1) is 0 Å². The molecular weight excluding hydrogens is 428 g/mol. The Balaban J connectivity index is 1.32. The second kappa shape index (κ2) is 8.60. The van der Waals surface area contributed by atoms with Crippen LogP contribution in [0.4, 0.5) is 10.6 Å². The molecule has 0 aliphatic carbocycles. The van der Waals surface area contributed by atoms with Crippen LogP contribution < -0.4 is 15.0 Å². The number of amides is 2. The topological polar surface area (TPSA) is 93.1 Å². The van der Waals surface area contributed by atoms with E-state index in [1.54, 1.807) is 35.8 Å². The molecule has 8 nitrogen and oxygen atoms in total. The monoisotopic (exact) mass is 444 g/mol. The predicted octanol–water partition coefficient (Wildman–Crippen LogP) is 4.65. The lowest BCUT2D eigenvalue weighted by Gasteiger charge is -2.14. The molecule has 1 saturated heterocycles. The minimum absolute atomic E-state index is 0.224. The highest BCUT2D eigenvalue weighted by Crippen LogP contribution is 2.29. The molecule has 32 heavy (non-hydrogen) atoms. The van der Waals surface area contributed by atoms with Gasteiger partial charge in [0, 0.05) is 18.0 Å². The van der Waals surface area contributed by atoms with Crippen molar-refractivity contribution in [1.29, 1.82) is 0 Å². The van der Waals surface area contributed by atoms with Gasteiger partial charge in [-0.15, -0.1) is 0 Å². The zero-order valence-electron chi connectivity index (χ0n) is 16.7. The van der Waals surface area contributed by atoms with E-state index in [-0.39, 0.29) is 12.1 Å². The van der Waals surface area contributed by atoms with Crippen molar-refractivity contribution < 1.29 is 9.53 Å². The Kier molecular flexibility index (Phi) is 5.35. The van der Waals surface area contributed by atoms with Crippen molar-refractivity contribution in [3.8, 4) is 22.9 Å². The first-order valence-corrected chi connectivity index (χ1v) is 10.2. The van der Waals surface area contributed by atoms with Gasteiger partial charge in [-0.1, -0.05) is 41.9 Å². The Hall–Kier alpha value is -4.04. The number of ether oxygens (including phenoxy) is 1. The first-order valence-electron chi connectivity index (χ1n) is 9.86. The molecule has 158 valence electrons. The van der Waals surface area contributed by atoms with Gasteiger partial charge in [0.15, 0.2) is 5.82 Å². The molecule has 3 heterocycles. The largest absolute Gasteiger partial charge is 0.437 e. The molecule has 2 aromatic heterocycles. The molecule has 1 unspecified atom stereocenters. The molecule has 0 spiro atoms. The minimum atomic E-state index is -0.241. The summed E-state index contributed by atoms with van der Waals surface area (Å²) in [5.41, 5.74) is 2.34. The van der Waals surface area contributed by atoms with E-state index in [2.05, 4.69) is 25.3 Å². The van der Waals surface area contributed by atoms with Crippen LogP contribution in [0.15, 0.2) is 79.5 Å². The lowest BCUT2D eigenvalue weighted by molar-refractivity contribution is 0.250. The molecule has 2 aromatic carbocycles. The Morgan fingerprint density at radius 1 is 1.00 bits per heavy atom. The Labute approximate surface area is 188 Å². The Morgan fingerprint density at radius 3 is 2.69 bits per heavy atom. The fraction of sp³-hybridized carbons (Fsp3) is 0.0870. The van der Waals surface area contributed by atoms with Gasteiger partial charge in [0.1, 0.15) is 5.75 Å². The second-order valence-corrected chi connectivity index (χ2v) is 7.48. The van der Waals surface area contributed by atoms with E-state index in [1.807, 2.05) is 42.5 Å². The number of urea groups is 1. The van der Waals surface area contributed by atoms with E-state index in [0.29, 0.717) is 34.7 Å². The van der Waals surface area contributed by atoms with Gasteiger partial charge < -0.3 is 10.1 Å². The summed E-state index contributed by atoms with van der Waals surface area (Å²) in [5.74, 6) is 1.47. The summed E-state index contributed by atoms with van der Waals surface area (Å²) in [6.07, 6.45) is 7.87. The standard InChI is InChI=1S/C23H17ClN6O2/c24-18-7-2-1-6-17(18)19-11-28-21(12-27-19)30-14-20(29-23(30)31)15-4-3-5-16(10-15)32-22-13-25-8-9-26-22/h1-13,20H,14H2,(H,29,31). The van der Waals surface area contributed by atoms with Crippen molar-refractivity contribution in [2.45, 2.75) is 6.04 Å². The first-order chi connectivity index (χ1) is 15.7. The average Bonchev–Trinajstić information content (AvgIpc) is 3.22. The molecule has 4 aromatic rings. The van der Waals surface area contributed by atoms with Crippen LogP contribution in [0.1, 0.15) is 11.6 Å². The molecule has 5 rings (SSSR count). The molecule has 0 radical (unpaired) electrons. The molecule has 1 N–H and O–H groups in total. The number of anilines is 1. The molecule has 0 bridgehead atoms. The van der Waals surface area contributed by atoms with Gasteiger partial charge in [-0.25, -0.2) is 14.8 Å². The van der Waals surface area contributed by atoms with Crippen molar-refractivity contribution in [2.75, 3.05) is 11.4 Å². The number of carbonyl (C=O) groups is 1. The Bertz CT molecular complexity index is 1250. The van der Waals surface area contributed by atoms with E-state index in [0.717, 1.165) is 11.1 Å². The third-order valence-electron chi connectivity index (χ3n) is 4.99. The van der Waals surface area contributed by atoms with Gasteiger partial charge in [-0.2, -0.15) is 0 Å². The third kappa shape index (κ3) is 4.08. The Morgan fingerprint density at radius 2 is 1.91 bits per heavy atom. The third-order valence-corrected chi connectivity index (χ3v) is 5.32. The molecule has 1 aliphatic rings. The number of rotatable bonds is 5. The van der Waals surface area contributed by atoms with Crippen molar-refractivity contribution >= 4 is 23.4 Å². The van der Waals surface area contributed by atoms with Crippen LogP contribution >= 0.6 is 11.6 Å². The number of hydrogen-bond donors (Lipinski definition) is 1. The smallest absolute Gasteiger partial charge is 0.323 e. The summed E-state index contributed by atoms with van der Waals surface area (Å²) in [6, 6.07) is 14.5. The van der Waals surface area contributed by atoms with E-state index >= 15 is 0 Å². The number of benzene rings is 2. The lowest BCUT2D eigenvalue weighted by Crippen LogP contribution is -2.28. The molecule has 1 aliphatic heterocycles. The SMILES string of the molecule is O=C1NC(c2cccc(Oc3cnccn3)c2)CN1c1cnc(-c2ccccc2Cl)cn1. The number of nitrogens with one attached hydrogen (secondary N) is 1. The lowest BCUT2D eigenvalue weighted by atomic mass is 10.1. The van der Waals surface area contributed by atoms with Gasteiger partial charge in [0.05, 0.1) is 41.9 Å². The molecule has 1 atom stereocenters. The van der Waals surface area contributed by atoms with Crippen LogP contribution in [0.25, 0.3) is 11.3 Å². The highest BCUT2D eigenvalue weighted by atomic mass is 35.5. The summed E-state index contributed by atoms with van der Waals surface area (Å²) in [6.45, 7) is 0.410. The van der Waals surface area contributed by atoms with Crippen LogP contribution in [0.2, 0.25) is 5.02 Å². The van der Waals surface area contributed by atoms with Gasteiger partial charge in [-0.05, 0) is 23.8 Å². The number of aromatic nitrogens is 4. The quantitative estimate of drug-likeness (QED) is 0.481. The minimum Gasteiger partial charge on any atom is -0.437 e. The number of nitrogens with zero attached hydrogens (tertiary/aromatic N) is 5. The molecule has 9 heteroatoms. The zero-order chi connectivity index (χ0) is 21.9. The summed E-state index contributed by atoms with van der Waals surface area (Å²) in [7, 11) is 0.